The van der Waals surface area contributed by atoms with Gasteiger partial charge >= 0.3 is 11.9 Å². The summed E-state index contributed by atoms with van der Waals surface area (Å²) >= 11 is 6.37. The number of thiazole rings is 1. The number of alkyl halides is 1. The fraction of sp³-hybridized carbons (Fsp3) is 0.533. The number of aromatic nitrogens is 1. The molecule has 0 aliphatic carbocycles. The zero-order valence-corrected chi connectivity index (χ0v) is 16.5. The van der Waals surface area contributed by atoms with Crippen LogP contribution in [0, 0.1) is 0 Å². The molecular weight excluding hydrogens is 386 g/mol. The van der Waals surface area contributed by atoms with E-state index in [-0.39, 0.29) is 16.7 Å². The minimum absolute atomic E-state index is 0.0349. The first kappa shape index (κ1) is 21.8. The van der Waals surface area contributed by atoms with Crippen LogP contribution in [-0.4, -0.2) is 50.7 Å². The number of nitrogens with one attached hydrogen (secondary N) is 1. The number of carbonyl (C=O) groups excluding carboxylic acids is 2. The molecule has 1 rings (SSSR count). The predicted molar refractivity (Wildman–Crippen MR) is 96.6 cm³/mol. The Bertz CT molecular complexity index is 723. The fourth-order valence-corrected chi connectivity index (χ4v) is 2.16. The van der Waals surface area contributed by atoms with Crippen molar-refractivity contribution >= 4 is 51.6 Å². The largest absolute Gasteiger partial charge is 0.476 e. The van der Waals surface area contributed by atoms with E-state index in [0.717, 1.165) is 11.3 Å². The van der Waals surface area contributed by atoms with E-state index < -0.39 is 34.8 Å². The van der Waals surface area contributed by atoms with E-state index in [1.165, 1.54) is 19.2 Å². The van der Waals surface area contributed by atoms with Crippen molar-refractivity contribution in [1.29, 1.82) is 0 Å². The highest BCUT2D eigenvalue weighted by Gasteiger charge is 2.36. The molecule has 11 heteroatoms. The van der Waals surface area contributed by atoms with Gasteiger partial charge in [0, 0.05) is 5.38 Å². The zero-order chi connectivity index (χ0) is 20.1. The average Bonchev–Trinajstić information content (AvgIpc) is 2.93. The Morgan fingerprint density at radius 1 is 1.31 bits per heavy atom. The second-order valence-corrected chi connectivity index (χ2v) is 7.69. The monoisotopic (exact) mass is 405 g/mol. The highest BCUT2D eigenvalue weighted by atomic mass is 35.5. The smallest absolute Gasteiger partial charge is 0.360 e. The van der Waals surface area contributed by atoms with Crippen molar-refractivity contribution in [2.75, 3.05) is 11.2 Å². The third kappa shape index (κ3) is 6.60. The Labute approximate surface area is 159 Å². The number of aliphatic carboxylic acids is 1. The number of hydrogen-bond acceptors (Lipinski definition) is 8. The predicted octanol–water partition coefficient (Wildman–Crippen LogP) is 2.25. The molecule has 0 bridgehead atoms. The van der Waals surface area contributed by atoms with Gasteiger partial charge in [-0.1, -0.05) is 5.16 Å². The molecule has 1 aromatic rings. The molecule has 0 saturated carbocycles. The molecule has 0 fully saturated rings. The van der Waals surface area contributed by atoms with E-state index in [4.69, 9.17) is 21.2 Å². The second kappa shape index (κ2) is 8.45. The van der Waals surface area contributed by atoms with Crippen LogP contribution in [0.2, 0.25) is 0 Å². The molecule has 1 aromatic heterocycles. The van der Waals surface area contributed by atoms with Crippen LogP contribution in [0.5, 0.6) is 0 Å². The van der Waals surface area contributed by atoms with Gasteiger partial charge in [0.25, 0.3) is 0 Å². The Morgan fingerprint density at radius 3 is 2.42 bits per heavy atom. The molecule has 0 saturated heterocycles. The lowest BCUT2D eigenvalue weighted by atomic mass is 10.1. The minimum Gasteiger partial charge on any atom is -0.476 e. The summed E-state index contributed by atoms with van der Waals surface area (Å²) in [6, 6.07) is 0. The van der Waals surface area contributed by atoms with Gasteiger partial charge in [0.2, 0.25) is 17.2 Å². The number of amides is 1. The summed E-state index contributed by atoms with van der Waals surface area (Å²) in [5.41, 5.74) is -2.81. The van der Waals surface area contributed by atoms with Crippen molar-refractivity contribution in [1.82, 2.24) is 4.98 Å². The number of carboxylic acids is 1. The van der Waals surface area contributed by atoms with Crippen LogP contribution >= 0.6 is 22.9 Å². The van der Waals surface area contributed by atoms with E-state index >= 15 is 0 Å². The molecule has 0 aliphatic heterocycles. The maximum absolute atomic E-state index is 12.1. The van der Waals surface area contributed by atoms with Crippen LogP contribution in [0.1, 0.15) is 40.3 Å². The van der Waals surface area contributed by atoms with Gasteiger partial charge < -0.3 is 20.0 Å². The van der Waals surface area contributed by atoms with Crippen molar-refractivity contribution in [2.45, 2.75) is 45.8 Å². The van der Waals surface area contributed by atoms with Gasteiger partial charge in [0.1, 0.15) is 17.2 Å². The highest BCUT2D eigenvalue weighted by Crippen LogP contribution is 2.20. The Morgan fingerprint density at radius 2 is 1.92 bits per heavy atom. The molecule has 0 radical (unpaired) electrons. The number of rotatable bonds is 7. The number of halogens is 1. The molecule has 26 heavy (non-hydrogen) atoms. The molecule has 1 amide bonds. The molecule has 0 aromatic carbocycles. The Hall–Kier alpha value is -2.20. The topological polar surface area (TPSA) is 127 Å². The molecule has 0 unspecified atom stereocenters. The van der Waals surface area contributed by atoms with Crippen LogP contribution in [0.25, 0.3) is 0 Å². The van der Waals surface area contributed by atoms with E-state index in [9.17, 15) is 19.5 Å². The van der Waals surface area contributed by atoms with Crippen LogP contribution in [0.3, 0.4) is 0 Å². The SMILES string of the molecule is CC(C)(C)OC(=O)C(C)(C)O/N=C(/C(=O)O)c1csc(NC(=O)CCl)n1. The summed E-state index contributed by atoms with van der Waals surface area (Å²) in [7, 11) is 0. The summed E-state index contributed by atoms with van der Waals surface area (Å²) in [5, 5.41) is 16.8. The lowest BCUT2D eigenvalue weighted by Gasteiger charge is -2.26. The first-order chi connectivity index (χ1) is 11.9. The maximum Gasteiger partial charge on any atom is 0.360 e. The summed E-state index contributed by atoms with van der Waals surface area (Å²) in [4.78, 5) is 43.9. The first-order valence-corrected chi connectivity index (χ1v) is 8.82. The highest BCUT2D eigenvalue weighted by molar-refractivity contribution is 7.14. The maximum atomic E-state index is 12.1. The van der Waals surface area contributed by atoms with Gasteiger partial charge in [-0.25, -0.2) is 14.6 Å². The number of anilines is 1. The molecular formula is C15H20ClN3O6S. The minimum atomic E-state index is -1.51. The average molecular weight is 406 g/mol. The van der Waals surface area contributed by atoms with Gasteiger partial charge in [-0.3, -0.25) is 4.79 Å². The summed E-state index contributed by atoms with van der Waals surface area (Å²) < 4.78 is 5.21. The molecule has 9 nitrogen and oxygen atoms in total. The van der Waals surface area contributed by atoms with Crippen LogP contribution < -0.4 is 5.32 Å². The van der Waals surface area contributed by atoms with E-state index in [0.29, 0.717) is 0 Å². The number of ether oxygens (including phenoxy) is 1. The Balaban J connectivity index is 2.98. The van der Waals surface area contributed by atoms with Gasteiger partial charge in [-0.05, 0) is 34.6 Å². The number of carbonyl (C=O) groups is 3. The second-order valence-electron chi connectivity index (χ2n) is 6.57. The molecule has 2 N–H and O–H groups in total. The van der Waals surface area contributed by atoms with Crippen LogP contribution in [0.15, 0.2) is 10.5 Å². The standard InChI is InChI=1S/C15H20ClN3O6S/c1-14(2,3)24-12(23)15(4,5)25-19-10(11(21)22)8-7-26-13(17-8)18-9(20)6-16/h7H,6H2,1-5H3,(H,21,22)(H,17,18,20)/b19-10+. The lowest BCUT2D eigenvalue weighted by molar-refractivity contribution is -0.179. The summed E-state index contributed by atoms with van der Waals surface area (Å²) in [6.45, 7) is 7.88. The summed E-state index contributed by atoms with van der Waals surface area (Å²) in [5.74, 6) is -2.86. The number of carboxylic acid groups (broad SMARTS) is 1. The number of hydrogen-bond donors (Lipinski definition) is 2. The molecule has 1 heterocycles. The van der Waals surface area contributed by atoms with Crippen molar-refractivity contribution in [2.24, 2.45) is 5.16 Å². The van der Waals surface area contributed by atoms with Crippen molar-refractivity contribution < 1.29 is 29.1 Å². The van der Waals surface area contributed by atoms with E-state index in [1.807, 2.05) is 0 Å². The lowest BCUT2D eigenvalue weighted by Crippen LogP contribution is -2.40. The third-order valence-corrected chi connectivity index (χ3v) is 3.57. The normalized spacial score (nSPS) is 12.5. The zero-order valence-electron chi connectivity index (χ0n) is 15.0. The summed E-state index contributed by atoms with van der Waals surface area (Å²) in [6.07, 6.45) is 0. The number of nitrogens with zero attached hydrogens (tertiary/aromatic N) is 2. The molecule has 0 atom stereocenters. The number of oxime groups is 1. The van der Waals surface area contributed by atoms with E-state index in [2.05, 4.69) is 15.5 Å². The van der Waals surface area contributed by atoms with Gasteiger partial charge in [-0.2, -0.15) is 0 Å². The fourth-order valence-electron chi connectivity index (χ4n) is 1.39. The third-order valence-electron chi connectivity index (χ3n) is 2.57. The van der Waals surface area contributed by atoms with Gasteiger partial charge in [-0.15, -0.1) is 22.9 Å². The van der Waals surface area contributed by atoms with Gasteiger partial charge in [0.05, 0.1) is 0 Å². The molecule has 0 aliphatic rings. The van der Waals surface area contributed by atoms with Crippen molar-refractivity contribution in [3.05, 3.63) is 11.1 Å². The molecule has 0 spiro atoms. The van der Waals surface area contributed by atoms with Crippen molar-refractivity contribution in [3.8, 4) is 0 Å². The number of esters is 1. The quantitative estimate of drug-likeness (QED) is 0.308. The van der Waals surface area contributed by atoms with E-state index in [1.54, 1.807) is 20.8 Å². The first-order valence-electron chi connectivity index (χ1n) is 7.40. The van der Waals surface area contributed by atoms with Crippen LogP contribution in [-0.2, 0) is 24.0 Å². The van der Waals surface area contributed by atoms with Gasteiger partial charge in [0.15, 0.2) is 5.13 Å². The Kier molecular flexibility index (Phi) is 7.10. The van der Waals surface area contributed by atoms with Crippen molar-refractivity contribution in [3.63, 3.8) is 0 Å². The van der Waals surface area contributed by atoms with Crippen LogP contribution in [0.4, 0.5) is 5.13 Å². The molecule has 144 valence electrons.